The Hall–Kier alpha value is -1.92. The van der Waals surface area contributed by atoms with Crippen LogP contribution in [0.2, 0.25) is 5.02 Å². The molecule has 1 aromatic rings. The lowest BCUT2D eigenvalue weighted by Gasteiger charge is -2.29. The number of nitrogens with two attached hydrogens (primary N) is 1. The SMILES string of the molecule is NCc1cc(Cl)cc2c1CN(C1CCC(=O)NC1=O)C2=O. The number of halogens is 1. The summed E-state index contributed by atoms with van der Waals surface area (Å²) < 4.78 is 0. The van der Waals surface area contributed by atoms with Crippen molar-refractivity contribution in [1.29, 1.82) is 0 Å². The molecule has 1 saturated heterocycles. The van der Waals surface area contributed by atoms with Gasteiger partial charge in [-0.05, 0) is 29.7 Å². The van der Waals surface area contributed by atoms with Crippen molar-refractivity contribution in [3.8, 4) is 0 Å². The summed E-state index contributed by atoms with van der Waals surface area (Å²) in [5.41, 5.74) is 7.81. The summed E-state index contributed by atoms with van der Waals surface area (Å²) in [7, 11) is 0. The highest BCUT2D eigenvalue weighted by atomic mass is 35.5. The van der Waals surface area contributed by atoms with Gasteiger partial charge in [-0.25, -0.2) is 0 Å². The van der Waals surface area contributed by atoms with Gasteiger partial charge in [-0.1, -0.05) is 11.6 Å². The molecule has 0 aliphatic carbocycles. The van der Waals surface area contributed by atoms with Crippen molar-refractivity contribution >= 4 is 29.3 Å². The molecule has 0 aromatic heterocycles. The fourth-order valence-corrected chi connectivity index (χ4v) is 3.12. The van der Waals surface area contributed by atoms with Crippen LogP contribution in [-0.4, -0.2) is 28.7 Å². The maximum atomic E-state index is 12.5. The minimum Gasteiger partial charge on any atom is -0.326 e. The maximum absolute atomic E-state index is 12.5. The van der Waals surface area contributed by atoms with Gasteiger partial charge in [0.2, 0.25) is 11.8 Å². The average molecular weight is 308 g/mol. The molecule has 3 amide bonds. The first-order chi connectivity index (χ1) is 10.0. The van der Waals surface area contributed by atoms with Crippen LogP contribution in [0, 0.1) is 0 Å². The van der Waals surface area contributed by atoms with Crippen LogP contribution in [0.1, 0.15) is 34.3 Å². The molecular formula is C14H14ClN3O3. The smallest absolute Gasteiger partial charge is 0.255 e. The Morgan fingerprint density at radius 2 is 2.10 bits per heavy atom. The number of carbonyl (C=O) groups is 3. The average Bonchev–Trinajstić information content (AvgIpc) is 2.76. The van der Waals surface area contributed by atoms with Gasteiger partial charge in [0.05, 0.1) is 0 Å². The molecule has 0 saturated carbocycles. The van der Waals surface area contributed by atoms with Gasteiger partial charge in [0.15, 0.2) is 0 Å². The number of piperidine rings is 1. The topological polar surface area (TPSA) is 92.5 Å². The molecule has 21 heavy (non-hydrogen) atoms. The zero-order chi connectivity index (χ0) is 15.1. The predicted molar refractivity (Wildman–Crippen MR) is 75.4 cm³/mol. The second-order valence-corrected chi connectivity index (χ2v) is 5.63. The maximum Gasteiger partial charge on any atom is 0.255 e. The Bertz CT molecular complexity index is 659. The Labute approximate surface area is 126 Å². The number of nitrogens with one attached hydrogen (secondary N) is 1. The molecule has 1 atom stereocenters. The van der Waals surface area contributed by atoms with E-state index in [2.05, 4.69) is 5.32 Å². The lowest BCUT2D eigenvalue weighted by Crippen LogP contribution is -2.52. The zero-order valence-corrected chi connectivity index (χ0v) is 11.9. The minimum atomic E-state index is -0.619. The van der Waals surface area contributed by atoms with Gasteiger partial charge in [-0.3, -0.25) is 19.7 Å². The van der Waals surface area contributed by atoms with Gasteiger partial charge in [-0.2, -0.15) is 0 Å². The lowest BCUT2D eigenvalue weighted by atomic mass is 10.0. The van der Waals surface area contributed by atoms with Crippen molar-refractivity contribution in [1.82, 2.24) is 10.2 Å². The van der Waals surface area contributed by atoms with E-state index in [9.17, 15) is 14.4 Å². The Kier molecular flexibility index (Phi) is 3.43. The van der Waals surface area contributed by atoms with Crippen molar-refractivity contribution in [2.45, 2.75) is 32.0 Å². The monoisotopic (exact) mass is 307 g/mol. The summed E-state index contributed by atoms with van der Waals surface area (Å²) in [6.45, 7) is 0.601. The van der Waals surface area contributed by atoms with Crippen LogP contribution in [-0.2, 0) is 22.7 Å². The molecule has 0 radical (unpaired) electrons. The molecule has 1 fully saturated rings. The molecule has 0 bridgehead atoms. The fraction of sp³-hybridized carbons (Fsp3) is 0.357. The van der Waals surface area contributed by atoms with Gasteiger partial charge >= 0.3 is 0 Å². The van der Waals surface area contributed by atoms with Crippen molar-refractivity contribution in [3.05, 3.63) is 33.8 Å². The number of hydrogen-bond acceptors (Lipinski definition) is 4. The van der Waals surface area contributed by atoms with Crippen molar-refractivity contribution in [3.63, 3.8) is 0 Å². The first-order valence-electron chi connectivity index (χ1n) is 6.67. The second kappa shape index (κ2) is 5.13. The first kappa shape index (κ1) is 14.0. The van der Waals surface area contributed by atoms with E-state index in [1.807, 2.05) is 0 Å². The lowest BCUT2D eigenvalue weighted by molar-refractivity contribution is -0.136. The van der Waals surface area contributed by atoms with Crippen molar-refractivity contribution < 1.29 is 14.4 Å². The van der Waals surface area contributed by atoms with E-state index >= 15 is 0 Å². The van der Waals surface area contributed by atoms with Crippen molar-refractivity contribution in [2.24, 2.45) is 5.73 Å². The molecule has 2 aliphatic rings. The Balaban J connectivity index is 1.93. The van der Waals surface area contributed by atoms with Crippen LogP contribution < -0.4 is 11.1 Å². The van der Waals surface area contributed by atoms with Gasteiger partial charge in [0.1, 0.15) is 6.04 Å². The molecule has 2 aliphatic heterocycles. The third kappa shape index (κ3) is 2.30. The molecule has 3 N–H and O–H groups in total. The Morgan fingerprint density at radius 3 is 2.76 bits per heavy atom. The van der Waals surface area contributed by atoms with Gasteiger partial charge in [0.25, 0.3) is 5.91 Å². The highest BCUT2D eigenvalue weighted by molar-refractivity contribution is 6.31. The molecule has 6 nitrogen and oxygen atoms in total. The highest BCUT2D eigenvalue weighted by Crippen LogP contribution is 2.32. The number of nitrogens with zero attached hydrogens (tertiary/aromatic N) is 1. The summed E-state index contributed by atoms with van der Waals surface area (Å²) >= 11 is 6.00. The number of carbonyl (C=O) groups excluding carboxylic acids is 3. The summed E-state index contributed by atoms with van der Waals surface area (Å²) in [4.78, 5) is 37.1. The zero-order valence-electron chi connectivity index (χ0n) is 11.2. The largest absolute Gasteiger partial charge is 0.326 e. The second-order valence-electron chi connectivity index (χ2n) is 5.20. The third-order valence-corrected chi connectivity index (χ3v) is 4.15. The molecular weight excluding hydrogens is 294 g/mol. The summed E-state index contributed by atoms with van der Waals surface area (Å²) in [5.74, 6) is -0.962. The molecule has 110 valence electrons. The molecule has 7 heteroatoms. The summed E-state index contributed by atoms with van der Waals surface area (Å²) in [6, 6.07) is 2.72. The van der Waals surface area contributed by atoms with Crippen LogP contribution in [0.4, 0.5) is 0 Å². The van der Waals surface area contributed by atoms with E-state index in [0.717, 1.165) is 11.1 Å². The first-order valence-corrected chi connectivity index (χ1v) is 7.05. The molecule has 3 rings (SSSR count). The van der Waals surface area contributed by atoms with E-state index in [-0.39, 0.29) is 24.8 Å². The number of imide groups is 1. The van der Waals surface area contributed by atoms with E-state index in [4.69, 9.17) is 17.3 Å². The molecule has 0 spiro atoms. The van der Waals surface area contributed by atoms with Crippen molar-refractivity contribution in [2.75, 3.05) is 0 Å². The number of hydrogen-bond donors (Lipinski definition) is 2. The van der Waals surface area contributed by atoms with Gasteiger partial charge in [0, 0.05) is 30.1 Å². The standard InChI is InChI=1S/C14H14ClN3O3/c15-8-3-7(5-16)10-6-18(14(21)9(10)4-8)11-1-2-12(19)17-13(11)20/h3-4,11H,1-2,5-6,16H2,(H,17,19,20). The van der Waals surface area contributed by atoms with Gasteiger partial charge in [-0.15, -0.1) is 0 Å². The van der Waals surface area contributed by atoms with Crippen LogP contribution in [0.15, 0.2) is 12.1 Å². The van der Waals surface area contributed by atoms with Crippen LogP contribution in [0.3, 0.4) is 0 Å². The predicted octanol–water partition coefficient (Wildman–Crippen LogP) is 0.560. The van der Waals surface area contributed by atoms with E-state index in [1.165, 1.54) is 4.90 Å². The molecule has 1 unspecified atom stereocenters. The van der Waals surface area contributed by atoms with Crippen LogP contribution in [0.25, 0.3) is 0 Å². The number of benzene rings is 1. The quantitative estimate of drug-likeness (QED) is 0.781. The number of amides is 3. The number of fused-ring (bicyclic) bond motifs is 1. The van der Waals surface area contributed by atoms with E-state index in [1.54, 1.807) is 12.1 Å². The fourth-order valence-electron chi connectivity index (χ4n) is 2.88. The molecule has 2 heterocycles. The summed E-state index contributed by atoms with van der Waals surface area (Å²) in [6.07, 6.45) is 0.580. The van der Waals surface area contributed by atoms with Crippen LogP contribution in [0.5, 0.6) is 0 Å². The number of rotatable bonds is 2. The highest BCUT2D eigenvalue weighted by Gasteiger charge is 2.39. The minimum absolute atomic E-state index is 0.237. The van der Waals surface area contributed by atoms with Crippen LogP contribution >= 0.6 is 11.6 Å². The van der Waals surface area contributed by atoms with Gasteiger partial charge < -0.3 is 10.6 Å². The third-order valence-electron chi connectivity index (χ3n) is 3.93. The van der Waals surface area contributed by atoms with E-state index in [0.29, 0.717) is 23.6 Å². The Morgan fingerprint density at radius 1 is 1.33 bits per heavy atom. The van der Waals surface area contributed by atoms with E-state index < -0.39 is 11.9 Å². The summed E-state index contributed by atoms with van der Waals surface area (Å²) in [5, 5.41) is 2.72. The molecule has 1 aromatic carbocycles. The normalized spacial score (nSPS) is 21.5.